The van der Waals surface area contributed by atoms with Crippen molar-refractivity contribution in [2.45, 2.75) is 38.2 Å². The zero-order chi connectivity index (χ0) is 12.8. The molecule has 3 nitrogen and oxygen atoms in total. The minimum atomic E-state index is 0.234. The van der Waals surface area contributed by atoms with Gasteiger partial charge in [0.1, 0.15) is 17.3 Å². The average Bonchev–Trinajstić information content (AvgIpc) is 2.42. The smallest absolute Gasteiger partial charge is 0.145 e. The molecule has 0 saturated heterocycles. The Morgan fingerprint density at radius 1 is 1.28 bits per heavy atom. The van der Waals surface area contributed by atoms with Gasteiger partial charge in [0, 0.05) is 0 Å². The van der Waals surface area contributed by atoms with Gasteiger partial charge < -0.3 is 10.5 Å². The molecule has 2 N–H and O–H groups in total. The van der Waals surface area contributed by atoms with Gasteiger partial charge in [0.2, 0.25) is 0 Å². The molecule has 2 rings (SSSR count). The maximum absolute atomic E-state index is 6.03. The Morgan fingerprint density at radius 3 is 2.72 bits per heavy atom. The van der Waals surface area contributed by atoms with E-state index in [1.807, 2.05) is 24.3 Å². The molecule has 0 radical (unpaired) electrons. The number of alkyl halides is 1. The molecular formula is C14H19ClN2O. The topological polar surface area (TPSA) is 47.6 Å². The summed E-state index contributed by atoms with van der Waals surface area (Å²) in [7, 11) is 0. The average molecular weight is 267 g/mol. The monoisotopic (exact) mass is 266 g/mol. The van der Waals surface area contributed by atoms with E-state index in [1.54, 1.807) is 0 Å². The van der Waals surface area contributed by atoms with Crippen molar-refractivity contribution in [3.8, 4) is 5.75 Å². The number of ether oxygens (including phenoxy) is 1. The predicted octanol–water partition coefficient (Wildman–Crippen LogP) is 3.63. The van der Waals surface area contributed by atoms with Crippen LogP contribution < -0.4 is 10.5 Å². The van der Waals surface area contributed by atoms with Crippen LogP contribution in [0.3, 0.4) is 0 Å². The maximum Gasteiger partial charge on any atom is 0.145 e. The van der Waals surface area contributed by atoms with Gasteiger partial charge in [-0.15, -0.1) is 11.6 Å². The molecule has 18 heavy (non-hydrogen) atoms. The number of hydrogen-bond acceptors (Lipinski definition) is 2. The Hall–Kier alpha value is -1.22. The van der Waals surface area contributed by atoms with Crippen molar-refractivity contribution in [3.63, 3.8) is 0 Å². The normalized spacial score (nSPS) is 17.7. The van der Waals surface area contributed by atoms with Crippen LogP contribution in [0.4, 0.5) is 5.69 Å². The van der Waals surface area contributed by atoms with Crippen molar-refractivity contribution in [1.82, 2.24) is 0 Å². The number of rotatable bonds is 4. The highest BCUT2D eigenvalue weighted by Crippen LogP contribution is 2.31. The standard InChI is InChI=1S/C14H19ClN2O/c15-10-14(16)17-12-8-4-5-9-13(12)18-11-6-2-1-3-7-11/h4-5,8-9,11H,1-3,6-7,10H2,(H2,16,17). The Balaban J connectivity index is 2.11. The van der Waals surface area contributed by atoms with E-state index in [0.717, 1.165) is 24.3 Å². The Bertz CT molecular complexity index is 414. The van der Waals surface area contributed by atoms with Crippen molar-refractivity contribution in [1.29, 1.82) is 0 Å². The lowest BCUT2D eigenvalue weighted by atomic mass is 9.98. The summed E-state index contributed by atoms with van der Waals surface area (Å²) >= 11 is 5.65. The summed E-state index contributed by atoms with van der Waals surface area (Å²) in [5, 5.41) is 0. The fourth-order valence-electron chi connectivity index (χ4n) is 2.20. The molecule has 1 aliphatic carbocycles. The summed E-state index contributed by atoms with van der Waals surface area (Å²) in [6.07, 6.45) is 6.39. The summed E-state index contributed by atoms with van der Waals surface area (Å²) < 4.78 is 6.03. The molecule has 1 saturated carbocycles. The first-order valence-electron chi connectivity index (χ1n) is 6.44. The van der Waals surface area contributed by atoms with Crippen LogP contribution in [0.25, 0.3) is 0 Å². The molecule has 1 aromatic carbocycles. The molecule has 0 heterocycles. The van der Waals surface area contributed by atoms with E-state index >= 15 is 0 Å². The molecular weight excluding hydrogens is 248 g/mol. The van der Waals surface area contributed by atoms with Crippen molar-refractivity contribution in [3.05, 3.63) is 24.3 Å². The summed E-state index contributed by atoms with van der Waals surface area (Å²) in [5.41, 5.74) is 6.43. The second-order valence-electron chi connectivity index (χ2n) is 4.58. The lowest BCUT2D eigenvalue weighted by molar-refractivity contribution is 0.155. The van der Waals surface area contributed by atoms with Crippen LogP contribution in [0.15, 0.2) is 29.3 Å². The molecule has 4 heteroatoms. The molecule has 0 amide bonds. The highest BCUT2D eigenvalue weighted by atomic mass is 35.5. The van der Waals surface area contributed by atoms with Crippen molar-refractivity contribution >= 4 is 23.1 Å². The fourth-order valence-corrected chi connectivity index (χ4v) is 2.26. The van der Waals surface area contributed by atoms with Crippen molar-refractivity contribution < 1.29 is 4.74 Å². The van der Waals surface area contributed by atoms with Crippen molar-refractivity contribution in [2.24, 2.45) is 10.7 Å². The summed E-state index contributed by atoms with van der Waals surface area (Å²) in [6, 6.07) is 7.72. The van der Waals surface area contributed by atoms with Crippen molar-refractivity contribution in [2.75, 3.05) is 5.88 Å². The number of benzene rings is 1. The molecule has 0 bridgehead atoms. The van der Waals surface area contributed by atoms with E-state index in [1.165, 1.54) is 19.3 Å². The number of aliphatic imine (C=N–C) groups is 1. The van der Waals surface area contributed by atoms with Gasteiger partial charge in [-0.25, -0.2) is 4.99 Å². The third kappa shape index (κ3) is 3.64. The van der Waals surface area contributed by atoms with Gasteiger partial charge in [-0.1, -0.05) is 18.6 Å². The largest absolute Gasteiger partial charge is 0.488 e. The van der Waals surface area contributed by atoms with Gasteiger partial charge in [0.25, 0.3) is 0 Å². The van der Waals surface area contributed by atoms with Gasteiger partial charge in [-0.3, -0.25) is 0 Å². The third-order valence-electron chi connectivity index (χ3n) is 3.11. The molecule has 0 unspecified atom stereocenters. The highest BCUT2D eigenvalue weighted by molar-refractivity contribution is 6.28. The van der Waals surface area contributed by atoms with E-state index < -0.39 is 0 Å². The molecule has 98 valence electrons. The van der Waals surface area contributed by atoms with Crippen LogP contribution in [-0.4, -0.2) is 17.8 Å². The third-order valence-corrected chi connectivity index (χ3v) is 3.39. The molecule has 0 aromatic heterocycles. The number of nitrogens with two attached hydrogens (primary N) is 1. The van der Waals surface area contributed by atoms with Crippen LogP contribution in [0.1, 0.15) is 32.1 Å². The number of amidine groups is 1. The summed E-state index contributed by atoms with van der Waals surface area (Å²) in [6.45, 7) is 0. The molecule has 1 aliphatic rings. The number of hydrogen-bond donors (Lipinski definition) is 1. The lowest BCUT2D eigenvalue weighted by Gasteiger charge is -2.23. The van der Waals surface area contributed by atoms with Crippen LogP contribution >= 0.6 is 11.6 Å². The molecule has 0 atom stereocenters. The van der Waals surface area contributed by atoms with Gasteiger partial charge in [0.15, 0.2) is 0 Å². The lowest BCUT2D eigenvalue weighted by Crippen LogP contribution is -2.19. The second kappa shape index (κ2) is 6.64. The van der Waals surface area contributed by atoms with E-state index in [4.69, 9.17) is 22.1 Å². The number of halogens is 1. The number of nitrogens with zero attached hydrogens (tertiary/aromatic N) is 1. The Kier molecular flexibility index (Phi) is 4.88. The van der Waals surface area contributed by atoms with Gasteiger partial charge >= 0.3 is 0 Å². The molecule has 0 spiro atoms. The Morgan fingerprint density at radius 2 is 2.00 bits per heavy atom. The zero-order valence-electron chi connectivity index (χ0n) is 10.4. The maximum atomic E-state index is 6.03. The fraction of sp³-hybridized carbons (Fsp3) is 0.500. The quantitative estimate of drug-likeness (QED) is 0.514. The minimum Gasteiger partial charge on any atom is -0.488 e. The van der Waals surface area contributed by atoms with E-state index in [0.29, 0.717) is 11.9 Å². The summed E-state index contributed by atoms with van der Waals surface area (Å²) in [5.74, 6) is 1.45. The zero-order valence-corrected chi connectivity index (χ0v) is 11.2. The molecule has 1 fully saturated rings. The first kappa shape index (κ1) is 13.2. The van der Waals surface area contributed by atoms with Crippen LogP contribution in [0.5, 0.6) is 5.75 Å². The minimum absolute atomic E-state index is 0.234. The first-order chi connectivity index (χ1) is 8.79. The molecule has 1 aromatic rings. The van der Waals surface area contributed by atoms with Gasteiger partial charge in [0.05, 0.1) is 12.0 Å². The highest BCUT2D eigenvalue weighted by Gasteiger charge is 2.16. The second-order valence-corrected chi connectivity index (χ2v) is 4.85. The van der Waals surface area contributed by atoms with E-state index in [9.17, 15) is 0 Å². The first-order valence-corrected chi connectivity index (χ1v) is 6.97. The Labute approximate surface area is 113 Å². The predicted molar refractivity (Wildman–Crippen MR) is 75.9 cm³/mol. The molecule has 0 aliphatic heterocycles. The SMILES string of the molecule is NC(CCl)=Nc1ccccc1OC1CCCCC1. The van der Waals surface area contributed by atoms with E-state index in [2.05, 4.69) is 4.99 Å². The van der Waals surface area contributed by atoms with Crippen LogP contribution in [0.2, 0.25) is 0 Å². The number of para-hydroxylation sites is 2. The summed E-state index contributed by atoms with van der Waals surface area (Å²) in [4.78, 5) is 4.28. The van der Waals surface area contributed by atoms with Gasteiger partial charge in [-0.2, -0.15) is 0 Å². The van der Waals surface area contributed by atoms with Crippen LogP contribution in [-0.2, 0) is 0 Å². The van der Waals surface area contributed by atoms with Crippen LogP contribution in [0, 0.1) is 0 Å². The van der Waals surface area contributed by atoms with Gasteiger partial charge in [-0.05, 0) is 37.8 Å². The van der Waals surface area contributed by atoms with E-state index in [-0.39, 0.29) is 5.88 Å².